The number of nitrogens with zero attached hydrogens (tertiary/aromatic N) is 1. The third kappa shape index (κ3) is 3.76. The molecule has 0 unspecified atom stereocenters. The normalized spacial score (nSPS) is 10.7. The highest BCUT2D eigenvalue weighted by molar-refractivity contribution is 7.20. The highest BCUT2D eigenvalue weighted by Crippen LogP contribution is 2.27. The molecule has 134 valence electrons. The van der Waals surface area contributed by atoms with Crippen LogP contribution < -0.4 is 10.9 Å². The molecule has 0 fully saturated rings. The van der Waals surface area contributed by atoms with E-state index in [-0.39, 0.29) is 10.4 Å². The van der Waals surface area contributed by atoms with Gasteiger partial charge >= 0.3 is 5.97 Å². The number of halogens is 1. The van der Waals surface area contributed by atoms with E-state index >= 15 is 0 Å². The van der Waals surface area contributed by atoms with Crippen LogP contribution in [0.4, 0.5) is 5.69 Å². The Kier molecular flexibility index (Phi) is 5.06. The Morgan fingerprint density at radius 3 is 2.65 bits per heavy atom. The molecule has 0 spiro atoms. The van der Waals surface area contributed by atoms with E-state index in [0.29, 0.717) is 32.3 Å². The number of aryl methyl sites for hydroxylation is 2. The van der Waals surface area contributed by atoms with Crippen LogP contribution in [-0.4, -0.2) is 28.5 Å². The average molecular weight is 392 g/mol. The van der Waals surface area contributed by atoms with Crippen LogP contribution in [0.25, 0.3) is 10.2 Å². The minimum Gasteiger partial charge on any atom is -0.451 e. The number of thiophene rings is 1. The molecule has 0 radical (unpaired) electrons. The first kappa shape index (κ1) is 18.1. The van der Waals surface area contributed by atoms with E-state index in [1.807, 2.05) is 0 Å². The lowest BCUT2D eigenvalue weighted by molar-refractivity contribution is -0.119. The van der Waals surface area contributed by atoms with E-state index in [0.717, 1.165) is 11.3 Å². The second-order valence-electron chi connectivity index (χ2n) is 5.52. The number of amides is 1. The largest absolute Gasteiger partial charge is 0.451 e. The van der Waals surface area contributed by atoms with Crippen molar-refractivity contribution in [2.75, 3.05) is 11.9 Å². The molecule has 0 aliphatic rings. The van der Waals surface area contributed by atoms with Crippen molar-refractivity contribution in [1.82, 2.24) is 9.97 Å². The predicted molar refractivity (Wildman–Crippen MR) is 100 cm³/mol. The smallest absolute Gasteiger partial charge is 0.349 e. The summed E-state index contributed by atoms with van der Waals surface area (Å²) in [4.78, 5) is 43.8. The first-order valence-electron chi connectivity index (χ1n) is 7.57. The summed E-state index contributed by atoms with van der Waals surface area (Å²) in [6.45, 7) is 2.86. The molecule has 2 heterocycles. The average Bonchev–Trinajstić information content (AvgIpc) is 2.91. The molecule has 3 rings (SSSR count). The summed E-state index contributed by atoms with van der Waals surface area (Å²) >= 11 is 6.84. The number of benzene rings is 1. The number of rotatable bonds is 4. The van der Waals surface area contributed by atoms with Gasteiger partial charge in [-0.2, -0.15) is 0 Å². The second kappa shape index (κ2) is 7.27. The van der Waals surface area contributed by atoms with Gasteiger partial charge in [-0.05, 0) is 43.7 Å². The van der Waals surface area contributed by atoms with Gasteiger partial charge in [-0.25, -0.2) is 9.78 Å². The van der Waals surface area contributed by atoms with Gasteiger partial charge in [0.05, 0.1) is 5.39 Å². The van der Waals surface area contributed by atoms with Crippen molar-refractivity contribution in [3.05, 3.63) is 55.9 Å². The Morgan fingerprint density at radius 1 is 1.27 bits per heavy atom. The van der Waals surface area contributed by atoms with Crippen LogP contribution in [0.5, 0.6) is 0 Å². The third-order valence-electron chi connectivity index (χ3n) is 3.57. The van der Waals surface area contributed by atoms with Gasteiger partial charge in [-0.15, -0.1) is 11.3 Å². The molecule has 26 heavy (non-hydrogen) atoms. The van der Waals surface area contributed by atoms with E-state index in [2.05, 4.69) is 15.3 Å². The molecule has 0 bridgehead atoms. The van der Waals surface area contributed by atoms with Crippen LogP contribution in [0.1, 0.15) is 21.1 Å². The maximum atomic E-state index is 12.3. The number of H-pyrrole nitrogens is 1. The SMILES string of the molecule is Cc1nc2sc(C(=O)OCC(=O)Nc3ccc(Cl)cc3)c(C)c2c(=O)[nH]1. The number of esters is 1. The molecule has 0 saturated heterocycles. The van der Waals surface area contributed by atoms with Crippen LogP contribution >= 0.6 is 22.9 Å². The van der Waals surface area contributed by atoms with Crippen LogP contribution in [-0.2, 0) is 9.53 Å². The lowest BCUT2D eigenvalue weighted by Gasteiger charge is -2.06. The van der Waals surface area contributed by atoms with Gasteiger partial charge in [0.25, 0.3) is 11.5 Å². The molecule has 9 heteroatoms. The summed E-state index contributed by atoms with van der Waals surface area (Å²) in [7, 11) is 0. The van der Waals surface area contributed by atoms with Gasteiger partial charge in [0.2, 0.25) is 0 Å². The summed E-state index contributed by atoms with van der Waals surface area (Å²) in [6, 6.07) is 6.55. The number of carbonyl (C=O) groups excluding carboxylic acids is 2. The van der Waals surface area contributed by atoms with E-state index in [4.69, 9.17) is 16.3 Å². The quantitative estimate of drug-likeness (QED) is 0.665. The number of hydrogen-bond donors (Lipinski definition) is 2. The van der Waals surface area contributed by atoms with E-state index in [1.54, 1.807) is 38.1 Å². The van der Waals surface area contributed by atoms with Crippen LogP contribution in [0, 0.1) is 13.8 Å². The summed E-state index contributed by atoms with van der Waals surface area (Å²) in [5.41, 5.74) is 0.724. The number of nitrogens with one attached hydrogen (secondary N) is 2. The highest BCUT2D eigenvalue weighted by atomic mass is 35.5. The Labute approximate surface area is 157 Å². The lowest BCUT2D eigenvalue weighted by Crippen LogP contribution is -2.20. The molecule has 0 aliphatic heterocycles. The van der Waals surface area contributed by atoms with Crippen molar-refractivity contribution in [1.29, 1.82) is 0 Å². The number of carbonyl (C=O) groups is 2. The monoisotopic (exact) mass is 391 g/mol. The lowest BCUT2D eigenvalue weighted by atomic mass is 10.2. The van der Waals surface area contributed by atoms with Gasteiger partial charge in [-0.1, -0.05) is 11.6 Å². The maximum Gasteiger partial charge on any atom is 0.349 e. The molecular weight excluding hydrogens is 378 g/mol. The number of anilines is 1. The van der Waals surface area contributed by atoms with E-state index in [1.165, 1.54) is 0 Å². The first-order chi connectivity index (χ1) is 12.3. The summed E-state index contributed by atoms with van der Waals surface area (Å²) in [5.74, 6) is -0.689. The molecule has 0 aliphatic carbocycles. The van der Waals surface area contributed by atoms with Gasteiger partial charge < -0.3 is 15.0 Å². The molecule has 0 atom stereocenters. The van der Waals surface area contributed by atoms with Crippen LogP contribution in [0.15, 0.2) is 29.1 Å². The third-order valence-corrected chi connectivity index (χ3v) is 4.98. The minimum absolute atomic E-state index is 0.253. The van der Waals surface area contributed by atoms with Gasteiger partial charge in [0.15, 0.2) is 6.61 Å². The summed E-state index contributed by atoms with van der Waals surface area (Å²) in [5, 5.41) is 3.50. The van der Waals surface area contributed by atoms with Gasteiger partial charge in [0, 0.05) is 10.7 Å². The molecule has 1 aromatic carbocycles. The Bertz CT molecular complexity index is 1060. The van der Waals surface area contributed by atoms with Crippen molar-refractivity contribution in [3.63, 3.8) is 0 Å². The fraction of sp³-hybridized carbons (Fsp3) is 0.176. The predicted octanol–water partition coefficient (Wildman–Crippen LogP) is 3.05. The first-order valence-corrected chi connectivity index (χ1v) is 8.77. The molecule has 1 amide bonds. The zero-order valence-electron chi connectivity index (χ0n) is 13.9. The van der Waals surface area contributed by atoms with Crippen molar-refractivity contribution in [2.24, 2.45) is 0 Å². The van der Waals surface area contributed by atoms with Crippen LogP contribution in [0.3, 0.4) is 0 Å². The minimum atomic E-state index is -0.672. The zero-order valence-corrected chi connectivity index (χ0v) is 15.5. The van der Waals surface area contributed by atoms with Crippen molar-refractivity contribution >= 4 is 50.7 Å². The van der Waals surface area contributed by atoms with Gasteiger partial charge in [0.1, 0.15) is 15.5 Å². The van der Waals surface area contributed by atoms with E-state index in [9.17, 15) is 14.4 Å². The molecule has 2 N–H and O–H groups in total. The Morgan fingerprint density at radius 2 is 1.96 bits per heavy atom. The summed E-state index contributed by atoms with van der Waals surface area (Å²) in [6.07, 6.45) is 0. The number of aromatic amines is 1. The van der Waals surface area contributed by atoms with Crippen molar-refractivity contribution in [3.8, 4) is 0 Å². The second-order valence-corrected chi connectivity index (χ2v) is 6.95. The molecular formula is C17H14ClN3O4S. The number of hydrogen-bond acceptors (Lipinski definition) is 6. The molecule has 7 nitrogen and oxygen atoms in total. The van der Waals surface area contributed by atoms with Crippen molar-refractivity contribution in [2.45, 2.75) is 13.8 Å². The molecule has 3 aromatic rings. The Balaban J connectivity index is 1.70. The zero-order chi connectivity index (χ0) is 18.8. The molecule has 2 aromatic heterocycles. The van der Waals surface area contributed by atoms with Crippen LogP contribution in [0.2, 0.25) is 5.02 Å². The number of aromatic nitrogens is 2. The fourth-order valence-electron chi connectivity index (χ4n) is 2.37. The Hall–Kier alpha value is -2.71. The number of fused-ring (bicyclic) bond motifs is 1. The van der Waals surface area contributed by atoms with Crippen molar-refractivity contribution < 1.29 is 14.3 Å². The highest BCUT2D eigenvalue weighted by Gasteiger charge is 2.20. The summed E-state index contributed by atoms with van der Waals surface area (Å²) < 4.78 is 5.06. The topological polar surface area (TPSA) is 101 Å². The maximum absolute atomic E-state index is 12.3. The number of ether oxygens (including phenoxy) is 1. The van der Waals surface area contributed by atoms with E-state index < -0.39 is 18.5 Å². The molecule has 0 saturated carbocycles. The standard InChI is InChI=1S/C17H14ClN3O4S/c1-8-13-15(23)19-9(2)20-16(13)26-14(8)17(24)25-7-12(22)21-11-5-3-10(18)4-6-11/h3-6H,7H2,1-2H3,(H,21,22)(H,19,20,23). The van der Waals surface area contributed by atoms with Gasteiger partial charge in [-0.3, -0.25) is 9.59 Å². The fourth-order valence-corrected chi connectivity index (χ4v) is 3.62.